The Bertz CT molecular complexity index is 1330. The molecule has 9 nitrogen and oxygen atoms in total. The van der Waals surface area contributed by atoms with Crippen LogP contribution in [-0.4, -0.2) is 47.9 Å². The second kappa shape index (κ2) is 13.1. The van der Waals surface area contributed by atoms with Crippen molar-refractivity contribution >= 4 is 58.3 Å². The summed E-state index contributed by atoms with van der Waals surface area (Å²) in [7, 11) is 0. The molecule has 0 saturated carbocycles. The third kappa shape index (κ3) is 7.62. The van der Waals surface area contributed by atoms with Crippen LogP contribution in [0.15, 0.2) is 66.7 Å². The lowest BCUT2D eigenvalue weighted by Gasteiger charge is -2.20. The Hall–Kier alpha value is -3.34. The minimum atomic E-state index is -1.33. The van der Waals surface area contributed by atoms with Gasteiger partial charge in [0.15, 0.2) is 12.2 Å². The summed E-state index contributed by atoms with van der Waals surface area (Å²) in [4.78, 5) is 37.5. The molecule has 39 heavy (non-hydrogen) atoms. The van der Waals surface area contributed by atoms with Crippen LogP contribution in [0.25, 0.3) is 0 Å². The number of rotatable bonds is 10. The third-order valence-electron chi connectivity index (χ3n) is 5.80. The van der Waals surface area contributed by atoms with Gasteiger partial charge in [0.2, 0.25) is 0 Å². The van der Waals surface area contributed by atoms with Crippen LogP contribution < -0.4 is 15.4 Å². The molecule has 1 heterocycles. The van der Waals surface area contributed by atoms with E-state index in [-0.39, 0.29) is 19.8 Å². The average molecular weight is 594 g/mol. The number of carboxylic acids is 1. The fourth-order valence-electron chi connectivity index (χ4n) is 3.80. The first-order valence-electron chi connectivity index (χ1n) is 11.7. The monoisotopic (exact) mass is 592 g/mol. The van der Waals surface area contributed by atoms with Gasteiger partial charge in [0.25, 0.3) is 11.8 Å². The lowest BCUT2D eigenvalue weighted by Crippen LogP contribution is -2.51. The van der Waals surface area contributed by atoms with E-state index in [1.54, 1.807) is 60.7 Å². The molecule has 1 fully saturated rings. The highest BCUT2D eigenvalue weighted by Crippen LogP contribution is 2.26. The van der Waals surface area contributed by atoms with Crippen LogP contribution in [0.4, 0.5) is 5.69 Å². The molecule has 1 aliphatic rings. The number of halogens is 3. The highest BCUT2D eigenvalue weighted by Gasteiger charge is 2.41. The Morgan fingerprint density at radius 2 is 1.56 bits per heavy atom. The Kier molecular flexibility index (Phi) is 9.66. The minimum Gasteiger partial charge on any atom is -0.489 e. The van der Waals surface area contributed by atoms with Crippen molar-refractivity contribution in [3.05, 3.63) is 92.9 Å². The van der Waals surface area contributed by atoms with Gasteiger partial charge in [0, 0.05) is 32.7 Å². The van der Waals surface area contributed by atoms with Gasteiger partial charge in [0.1, 0.15) is 25.2 Å². The molecule has 0 unspecified atom stereocenters. The summed E-state index contributed by atoms with van der Waals surface area (Å²) in [5.41, 5.74) is 1.69. The Labute approximate surface area is 238 Å². The number of ether oxygens (including phenoxy) is 3. The molecule has 4 rings (SSSR count). The molecule has 204 valence electrons. The zero-order chi connectivity index (χ0) is 27.9. The number of hydrogen-bond acceptors (Lipinski definition) is 6. The van der Waals surface area contributed by atoms with Gasteiger partial charge < -0.3 is 30.0 Å². The first-order valence-corrected chi connectivity index (χ1v) is 12.8. The van der Waals surface area contributed by atoms with Crippen LogP contribution in [0.3, 0.4) is 0 Å². The van der Waals surface area contributed by atoms with Gasteiger partial charge in [-0.1, -0.05) is 59.1 Å². The SMILES string of the molecule is O=C(O)[C@H](Cc1ccc(OCc2c(Cl)cccc2Cl)cc1)NC(=O)[C@@H]1OCO[C@H]1C(=O)Nc1cccc(Cl)c1. The molecule has 0 aromatic heterocycles. The van der Waals surface area contributed by atoms with Crippen molar-refractivity contribution in [1.82, 2.24) is 5.32 Å². The molecule has 0 spiro atoms. The van der Waals surface area contributed by atoms with Crippen molar-refractivity contribution < 1.29 is 33.7 Å². The molecule has 0 aliphatic carbocycles. The van der Waals surface area contributed by atoms with Gasteiger partial charge in [-0.05, 0) is 48.0 Å². The predicted octanol–water partition coefficient (Wildman–Crippen LogP) is 4.72. The number of carbonyl (C=O) groups excluding carboxylic acids is 2. The molecular formula is C27H23Cl3N2O7. The van der Waals surface area contributed by atoms with E-state index in [0.29, 0.717) is 37.6 Å². The van der Waals surface area contributed by atoms with E-state index in [1.807, 2.05) is 0 Å². The van der Waals surface area contributed by atoms with Crippen LogP contribution in [-0.2, 0) is 36.9 Å². The third-order valence-corrected chi connectivity index (χ3v) is 6.75. The molecule has 2 amide bonds. The maximum absolute atomic E-state index is 12.9. The average Bonchev–Trinajstić information content (AvgIpc) is 3.39. The number of aliphatic carboxylic acids is 1. The highest BCUT2D eigenvalue weighted by atomic mass is 35.5. The topological polar surface area (TPSA) is 123 Å². The van der Waals surface area contributed by atoms with Gasteiger partial charge in [-0.25, -0.2) is 4.79 Å². The summed E-state index contributed by atoms with van der Waals surface area (Å²) in [6, 6.07) is 17.0. The van der Waals surface area contributed by atoms with Crippen LogP contribution in [0.5, 0.6) is 5.75 Å². The molecule has 3 aromatic carbocycles. The first-order chi connectivity index (χ1) is 18.7. The van der Waals surface area contributed by atoms with Gasteiger partial charge in [-0.15, -0.1) is 0 Å². The fraction of sp³-hybridized carbons (Fsp3) is 0.222. The molecule has 1 aliphatic heterocycles. The fourth-order valence-corrected chi connectivity index (χ4v) is 4.50. The quantitative estimate of drug-likeness (QED) is 0.311. The number of anilines is 1. The summed E-state index contributed by atoms with van der Waals surface area (Å²) in [5, 5.41) is 16.1. The van der Waals surface area contributed by atoms with Gasteiger partial charge in [-0.2, -0.15) is 0 Å². The molecule has 3 N–H and O–H groups in total. The summed E-state index contributed by atoms with van der Waals surface area (Å²) in [6.07, 6.45) is -2.63. The second-order valence-electron chi connectivity index (χ2n) is 8.53. The Morgan fingerprint density at radius 3 is 2.21 bits per heavy atom. The Morgan fingerprint density at radius 1 is 0.923 bits per heavy atom. The van der Waals surface area contributed by atoms with Crippen molar-refractivity contribution in [2.24, 2.45) is 0 Å². The van der Waals surface area contributed by atoms with Crippen LogP contribution in [0.2, 0.25) is 15.1 Å². The van der Waals surface area contributed by atoms with Crippen molar-refractivity contribution in [3.8, 4) is 5.75 Å². The van der Waals surface area contributed by atoms with Gasteiger partial charge >= 0.3 is 5.97 Å². The number of benzene rings is 3. The van der Waals surface area contributed by atoms with Crippen molar-refractivity contribution in [2.45, 2.75) is 31.3 Å². The minimum absolute atomic E-state index is 0.0232. The number of carboxylic acid groups (broad SMARTS) is 1. The number of nitrogens with one attached hydrogen (secondary N) is 2. The molecule has 0 bridgehead atoms. The predicted molar refractivity (Wildman–Crippen MR) is 145 cm³/mol. The highest BCUT2D eigenvalue weighted by molar-refractivity contribution is 6.36. The van der Waals surface area contributed by atoms with Gasteiger partial charge in [0.05, 0.1) is 0 Å². The second-order valence-corrected chi connectivity index (χ2v) is 9.78. The van der Waals surface area contributed by atoms with Crippen LogP contribution >= 0.6 is 34.8 Å². The molecular weight excluding hydrogens is 571 g/mol. The van der Waals surface area contributed by atoms with E-state index < -0.39 is 36.0 Å². The zero-order valence-corrected chi connectivity index (χ0v) is 22.5. The largest absolute Gasteiger partial charge is 0.489 e. The maximum atomic E-state index is 12.9. The smallest absolute Gasteiger partial charge is 0.326 e. The van der Waals surface area contributed by atoms with E-state index in [2.05, 4.69) is 10.6 Å². The molecule has 3 atom stereocenters. The van der Waals surface area contributed by atoms with Gasteiger partial charge in [-0.3, -0.25) is 9.59 Å². The molecule has 12 heteroatoms. The van der Waals surface area contributed by atoms with Crippen molar-refractivity contribution in [1.29, 1.82) is 0 Å². The van der Waals surface area contributed by atoms with E-state index in [4.69, 9.17) is 49.0 Å². The lowest BCUT2D eigenvalue weighted by atomic mass is 10.0. The van der Waals surface area contributed by atoms with E-state index in [9.17, 15) is 19.5 Å². The molecule has 3 aromatic rings. The zero-order valence-electron chi connectivity index (χ0n) is 20.2. The van der Waals surface area contributed by atoms with Crippen molar-refractivity contribution in [3.63, 3.8) is 0 Å². The van der Waals surface area contributed by atoms with Crippen molar-refractivity contribution in [2.75, 3.05) is 12.1 Å². The number of hydrogen-bond donors (Lipinski definition) is 3. The normalized spacial score (nSPS) is 17.3. The van der Waals surface area contributed by atoms with Crippen LogP contribution in [0.1, 0.15) is 11.1 Å². The summed E-state index contributed by atoms with van der Waals surface area (Å²) in [6.45, 7) is -0.147. The summed E-state index contributed by atoms with van der Waals surface area (Å²) < 4.78 is 16.3. The van der Waals surface area contributed by atoms with E-state index in [1.165, 1.54) is 6.07 Å². The molecule has 0 radical (unpaired) electrons. The maximum Gasteiger partial charge on any atom is 0.326 e. The Balaban J connectivity index is 1.35. The van der Waals surface area contributed by atoms with E-state index >= 15 is 0 Å². The standard InChI is InChI=1S/C27H23Cl3N2O7/c28-16-3-1-4-17(12-16)31-25(33)23-24(39-14-38-23)26(34)32-22(27(35)36)11-15-7-9-18(10-8-15)37-13-19-20(29)5-2-6-21(19)30/h1-10,12,22-24H,11,13-14H2,(H,31,33)(H,32,34)(H,35,36)/t22-,23+,24+/m0/s1. The van der Waals surface area contributed by atoms with Crippen LogP contribution in [0, 0.1) is 0 Å². The summed E-state index contributed by atoms with van der Waals surface area (Å²) in [5.74, 6) is -2.15. The number of amides is 2. The number of carbonyl (C=O) groups is 3. The molecule has 1 saturated heterocycles. The van der Waals surface area contributed by atoms with E-state index in [0.717, 1.165) is 0 Å². The summed E-state index contributed by atoms with van der Waals surface area (Å²) >= 11 is 18.3. The lowest BCUT2D eigenvalue weighted by molar-refractivity contribution is -0.144. The first kappa shape index (κ1) is 28.7.